The molecule has 0 aromatic carbocycles. The Morgan fingerprint density at radius 2 is 1.83 bits per heavy atom. The van der Waals surface area contributed by atoms with Gasteiger partial charge in [-0.2, -0.15) is 0 Å². The number of carbonyl (C=O) groups is 1. The van der Waals surface area contributed by atoms with Crippen molar-refractivity contribution in [1.29, 1.82) is 0 Å². The van der Waals surface area contributed by atoms with Crippen LogP contribution in [0.4, 0.5) is 0 Å². The molecule has 3 atom stereocenters. The van der Waals surface area contributed by atoms with Crippen molar-refractivity contribution in [3.63, 3.8) is 0 Å². The largest absolute Gasteiger partial charge is 0.481 e. The predicted octanol–water partition coefficient (Wildman–Crippen LogP) is 2.29. The maximum absolute atomic E-state index is 10.7. The molecule has 68 valence electrons. The highest BCUT2D eigenvalue weighted by Crippen LogP contribution is 2.47. The maximum Gasteiger partial charge on any atom is 0.306 e. The summed E-state index contributed by atoms with van der Waals surface area (Å²) >= 11 is 0. The lowest BCUT2D eigenvalue weighted by Crippen LogP contribution is -2.15. The Labute approximate surface area is 73.0 Å². The fourth-order valence-corrected chi connectivity index (χ4v) is 2.45. The third kappa shape index (κ3) is 1.62. The molecule has 0 unspecified atom stereocenters. The zero-order valence-corrected chi connectivity index (χ0v) is 7.33. The first-order valence-electron chi connectivity index (χ1n) is 5.00. The minimum absolute atomic E-state index is 0.0356. The van der Waals surface area contributed by atoms with Gasteiger partial charge in [-0.15, -0.1) is 0 Å². The number of hydrogen-bond acceptors (Lipinski definition) is 1. The fraction of sp³-hybridized carbons (Fsp3) is 0.900. The average Bonchev–Trinajstić information content (AvgIpc) is 2.66. The number of fused-ring (bicyclic) bond motifs is 1. The van der Waals surface area contributed by atoms with Crippen molar-refractivity contribution in [2.24, 2.45) is 17.8 Å². The highest BCUT2D eigenvalue weighted by Gasteiger charge is 2.38. The van der Waals surface area contributed by atoms with Crippen LogP contribution in [0, 0.1) is 17.8 Å². The molecule has 2 nitrogen and oxygen atoms in total. The quantitative estimate of drug-likeness (QED) is 0.652. The van der Waals surface area contributed by atoms with E-state index in [0.717, 1.165) is 31.1 Å². The standard InChI is InChI=1S/C10H16O2/c11-10(12)7-2-1-3-8-6-9(8)5-4-7/h7-9H,1-6H2,(H,11,12)/t7-,8-,9-/m1/s1. The smallest absolute Gasteiger partial charge is 0.306 e. The molecule has 0 aromatic rings. The summed E-state index contributed by atoms with van der Waals surface area (Å²) in [7, 11) is 0. The second-order valence-corrected chi connectivity index (χ2v) is 4.30. The van der Waals surface area contributed by atoms with E-state index in [0.29, 0.717) is 0 Å². The van der Waals surface area contributed by atoms with Gasteiger partial charge < -0.3 is 5.11 Å². The highest BCUT2D eigenvalue weighted by molar-refractivity contribution is 5.69. The second-order valence-electron chi connectivity index (χ2n) is 4.30. The molecule has 0 amide bonds. The monoisotopic (exact) mass is 168 g/mol. The first-order chi connectivity index (χ1) is 5.77. The van der Waals surface area contributed by atoms with Crippen LogP contribution in [0.1, 0.15) is 38.5 Å². The number of carboxylic acids is 1. The van der Waals surface area contributed by atoms with E-state index in [2.05, 4.69) is 0 Å². The average molecular weight is 168 g/mol. The van der Waals surface area contributed by atoms with Crippen LogP contribution in [-0.2, 0) is 4.79 Å². The van der Waals surface area contributed by atoms with E-state index in [9.17, 15) is 4.79 Å². The Hall–Kier alpha value is -0.530. The zero-order chi connectivity index (χ0) is 8.55. The Morgan fingerprint density at radius 3 is 2.58 bits per heavy atom. The summed E-state index contributed by atoms with van der Waals surface area (Å²) in [6, 6.07) is 0. The molecule has 1 N–H and O–H groups in total. The zero-order valence-electron chi connectivity index (χ0n) is 7.33. The summed E-state index contributed by atoms with van der Waals surface area (Å²) in [5, 5.41) is 8.85. The maximum atomic E-state index is 10.7. The molecule has 0 heterocycles. The van der Waals surface area contributed by atoms with Crippen LogP contribution in [0.25, 0.3) is 0 Å². The predicted molar refractivity (Wildman–Crippen MR) is 45.8 cm³/mol. The van der Waals surface area contributed by atoms with E-state index < -0.39 is 5.97 Å². The summed E-state index contributed by atoms with van der Waals surface area (Å²) in [6.07, 6.45) is 6.82. The summed E-state index contributed by atoms with van der Waals surface area (Å²) < 4.78 is 0. The van der Waals surface area contributed by atoms with E-state index >= 15 is 0 Å². The van der Waals surface area contributed by atoms with Gasteiger partial charge in [-0.25, -0.2) is 0 Å². The van der Waals surface area contributed by atoms with E-state index in [-0.39, 0.29) is 5.92 Å². The molecule has 0 spiro atoms. The molecule has 12 heavy (non-hydrogen) atoms. The van der Waals surface area contributed by atoms with Crippen molar-refractivity contribution in [2.75, 3.05) is 0 Å². The number of rotatable bonds is 1. The normalized spacial score (nSPS) is 40.8. The van der Waals surface area contributed by atoms with Crippen molar-refractivity contribution in [3.8, 4) is 0 Å². The minimum Gasteiger partial charge on any atom is -0.481 e. The molecule has 2 aliphatic rings. The topological polar surface area (TPSA) is 37.3 Å². The van der Waals surface area contributed by atoms with Gasteiger partial charge in [0.2, 0.25) is 0 Å². The molecule has 0 radical (unpaired) electrons. The second kappa shape index (κ2) is 3.08. The summed E-state index contributed by atoms with van der Waals surface area (Å²) in [4.78, 5) is 10.7. The molecule has 0 aliphatic heterocycles. The minimum atomic E-state index is -0.575. The van der Waals surface area contributed by atoms with Crippen LogP contribution in [0.5, 0.6) is 0 Å². The van der Waals surface area contributed by atoms with Gasteiger partial charge in [-0.05, 0) is 37.5 Å². The molecule has 2 aliphatic carbocycles. The Kier molecular flexibility index (Phi) is 2.07. The number of hydrogen-bond donors (Lipinski definition) is 1. The third-order valence-electron chi connectivity index (χ3n) is 3.43. The van der Waals surface area contributed by atoms with E-state index in [1.807, 2.05) is 0 Å². The van der Waals surface area contributed by atoms with Gasteiger partial charge in [0.1, 0.15) is 0 Å². The van der Waals surface area contributed by atoms with Crippen LogP contribution in [0.2, 0.25) is 0 Å². The van der Waals surface area contributed by atoms with Crippen molar-refractivity contribution < 1.29 is 9.90 Å². The van der Waals surface area contributed by atoms with Crippen LogP contribution in [0.15, 0.2) is 0 Å². The molecule has 0 saturated heterocycles. The van der Waals surface area contributed by atoms with Crippen molar-refractivity contribution in [3.05, 3.63) is 0 Å². The van der Waals surface area contributed by atoms with Crippen LogP contribution >= 0.6 is 0 Å². The summed E-state index contributed by atoms with van der Waals surface area (Å²) in [6.45, 7) is 0. The molecule has 2 rings (SSSR count). The summed E-state index contributed by atoms with van der Waals surface area (Å²) in [5.41, 5.74) is 0. The Balaban J connectivity index is 1.87. The Morgan fingerprint density at radius 1 is 1.08 bits per heavy atom. The van der Waals surface area contributed by atoms with E-state index in [1.54, 1.807) is 0 Å². The first-order valence-corrected chi connectivity index (χ1v) is 5.00. The molecule has 2 saturated carbocycles. The fourth-order valence-electron chi connectivity index (χ4n) is 2.45. The van der Waals surface area contributed by atoms with Crippen molar-refractivity contribution in [2.45, 2.75) is 38.5 Å². The van der Waals surface area contributed by atoms with Gasteiger partial charge in [-0.3, -0.25) is 4.79 Å². The Bertz CT molecular complexity index is 188. The highest BCUT2D eigenvalue weighted by atomic mass is 16.4. The molecular formula is C10H16O2. The molecule has 2 fully saturated rings. The van der Waals surface area contributed by atoms with Gasteiger partial charge in [0, 0.05) is 0 Å². The van der Waals surface area contributed by atoms with Crippen molar-refractivity contribution >= 4 is 5.97 Å². The van der Waals surface area contributed by atoms with Crippen LogP contribution < -0.4 is 0 Å². The van der Waals surface area contributed by atoms with Crippen LogP contribution in [0.3, 0.4) is 0 Å². The van der Waals surface area contributed by atoms with Gasteiger partial charge in [0.05, 0.1) is 5.92 Å². The number of aliphatic carboxylic acids is 1. The third-order valence-corrected chi connectivity index (χ3v) is 3.43. The van der Waals surface area contributed by atoms with Crippen molar-refractivity contribution in [1.82, 2.24) is 0 Å². The molecule has 0 bridgehead atoms. The van der Waals surface area contributed by atoms with E-state index in [1.165, 1.54) is 19.3 Å². The lowest BCUT2D eigenvalue weighted by atomic mass is 9.91. The van der Waals surface area contributed by atoms with Gasteiger partial charge in [0.25, 0.3) is 0 Å². The SMILES string of the molecule is O=C(O)[C@@H]1CCC[C@@H]2C[C@H]2CC1. The molecular weight excluding hydrogens is 152 g/mol. The molecule has 2 heteroatoms. The van der Waals surface area contributed by atoms with E-state index in [4.69, 9.17) is 5.11 Å². The number of carboxylic acid groups (broad SMARTS) is 1. The lowest BCUT2D eigenvalue weighted by Gasteiger charge is -2.14. The van der Waals surface area contributed by atoms with Gasteiger partial charge in [-0.1, -0.05) is 12.8 Å². The lowest BCUT2D eigenvalue weighted by molar-refractivity contribution is -0.142. The first kappa shape index (κ1) is 8.09. The van der Waals surface area contributed by atoms with Gasteiger partial charge >= 0.3 is 5.97 Å². The molecule has 0 aromatic heterocycles. The van der Waals surface area contributed by atoms with Crippen LogP contribution in [-0.4, -0.2) is 11.1 Å². The summed E-state index contributed by atoms with van der Waals surface area (Å²) in [5.74, 6) is 1.26. The van der Waals surface area contributed by atoms with Gasteiger partial charge in [0.15, 0.2) is 0 Å².